The Bertz CT molecular complexity index is 427. The molecule has 1 aromatic carbocycles. The molecule has 0 radical (unpaired) electrons. The van der Waals surface area contributed by atoms with E-state index in [9.17, 15) is 13.6 Å². The van der Waals surface area contributed by atoms with Crippen LogP contribution in [-0.2, 0) is 5.92 Å². The molecule has 0 saturated heterocycles. The molecule has 0 spiro atoms. The number of halogens is 2. The Hall–Kier alpha value is -1.65. The number of anilines is 1. The van der Waals surface area contributed by atoms with E-state index in [-0.39, 0.29) is 17.6 Å². The maximum Gasteiger partial charge on any atom is 0.321 e. The van der Waals surface area contributed by atoms with Crippen LogP contribution in [0.4, 0.5) is 19.3 Å². The molecule has 5 heteroatoms. The summed E-state index contributed by atoms with van der Waals surface area (Å²) >= 11 is 0. The van der Waals surface area contributed by atoms with Crippen LogP contribution in [0.15, 0.2) is 24.3 Å². The summed E-state index contributed by atoms with van der Waals surface area (Å²) in [4.78, 5) is 13.2. The first-order chi connectivity index (χ1) is 8.21. The first-order valence-electron chi connectivity index (χ1n) is 5.74. The van der Waals surface area contributed by atoms with Crippen molar-refractivity contribution in [2.75, 3.05) is 12.4 Å². The van der Waals surface area contributed by atoms with Gasteiger partial charge in [0.25, 0.3) is 5.92 Å². The van der Waals surface area contributed by atoms with Crippen molar-refractivity contribution in [3.63, 3.8) is 0 Å². The van der Waals surface area contributed by atoms with E-state index in [1.54, 1.807) is 13.1 Å². The van der Waals surface area contributed by atoms with Crippen molar-refractivity contribution in [2.45, 2.75) is 32.7 Å². The lowest BCUT2D eigenvalue weighted by atomic mass is 10.1. The maximum absolute atomic E-state index is 13.1. The van der Waals surface area contributed by atoms with Crippen molar-refractivity contribution in [1.82, 2.24) is 4.90 Å². The highest BCUT2D eigenvalue weighted by molar-refractivity contribution is 5.89. The summed E-state index contributed by atoms with van der Waals surface area (Å²) in [5.41, 5.74) is 0.249. The second kappa shape index (κ2) is 5.33. The Kier molecular flexibility index (Phi) is 4.27. The molecule has 2 amide bonds. The molecule has 1 N–H and O–H groups in total. The molecule has 0 bridgehead atoms. The van der Waals surface area contributed by atoms with Gasteiger partial charge in [0.2, 0.25) is 0 Å². The summed E-state index contributed by atoms with van der Waals surface area (Å²) in [7, 11) is 1.65. The van der Waals surface area contributed by atoms with Crippen LogP contribution in [0.25, 0.3) is 0 Å². The lowest BCUT2D eigenvalue weighted by Gasteiger charge is -2.22. The number of carbonyl (C=O) groups is 1. The fraction of sp³-hybridized carbons (Fsp3) is 0.462. The third-order valence-corrected chi connectivity index (χ3v) is 2.72. The molecule has 0 atom stereocenters. The number of hydrogen-bond acceptors (Lipinski definition) is 1. The summed E-state index contributed by atoms with van der Waals surface area (Å²) in [6.45, 7) is 4.57. The lowest BCUT2D eigenvalue weighted by molar-refractivity contribution is 0.0175. The summed E-state index contributed by atoms with van der Waals surface area (Å²) in [6, 6.07) is 5.43. The molecule has 1 aromatic rings. The standard InChI is InChI=1S/C13H18F2N2O/c1-9(2)17(4)12(18)16-11-7-5-6-10(8-11)13(3,14)15/h5-9H,1-4H3,(H,16,18). The van der Waals surface area contributed by atoms with Gasteiger partial charge >= 0.3 is 6.03 Å². The van der Waals surface area contributed by atoms with Gasteiger partial charge in [-0.3, -0.25) is 0 Å². The van der Waals surface area contributed by atoms with E-state index in [4.69, 9.17) is 0 Å². The molecule has 0 aliphatic heterocycles. The van der Waals surface area contributed by atoms with Gasteiger partial charge in [-0.1, -0.05) is 12.1 Å². The summed E-state index contributed by atoms with van der Waals surface area (Å²) in [6.07, 6.45) is 0. The van der Waals surface area contributed by atoms with E-state index in [1.165, 1.54) is 23.1 Å². The molecule has 0 aromatic heterocycles. The van der Waals surface area contributed by atoms with E-state index in [0.29, 0.717) is 5.69 Å². The van der Waals surface area contributed by atoms with E-state index < -0.39 is 5.92 Å². The van der Waals surface area contributed by atoms with Gasteiger partial charge in [-0.2, -0.15) is 0 Å². The van der Waals surface area contributed by atoms with Gasteiger partial charge in [-0.25, -0.2) is 13.6 Å². The van der Waals surface area contributed by atoms with Gasteiger partial charge in [-0.15, -0.1) is 0 Å². The fourth-order valence-corrected chi connectivity index (χ4v) is 1.32. The molecule has 18 heavy (non-hydrogen) atoms. The van der Waals surface area contributed by atoms with E-state index in [0.717, 1.165) is 6.92 Å². The number of carbonyl (C=O) groups excluding carboxylic acids is 1. The van der Waals surface area contributed by atoms with Crippen molar-refractivity contribution in [3.8, 4) is 0 Å². The highest BCUT2D eigenvalue weighted by atomic mass is 19.3. The van der Waals surface area contributed by atoms with Crippen LogP contribution in [0.3, 0.4) is 0 Å². The number of hydrogen-bond donors (Lipinski definition) is 1. The molecule has 0 unspecified atom stereocenters. The van der Waals surface area contributed by atoms with E-state index in [2.05, 4.69) is 5.32 Å². The largest absolute Gasteiger partial charge is 0.325 e. The van der Waals surface area contributed by atoms with Crippen LogP contribution in [0, 0.1) is 0 Å². The predicted molar refractivity (Wildman–Crippen MR) is 67.9 cm³/mol. The average Bonchev–Trinajstić information content (AvgIpc) is 2.27. The highest BCUT2D eigenvalue weighted by Crippen LogP contribution is 2.28. The smallest absolute Gasteiger partial charge is 0.321 e. The molecule has 0 aliphatic rings. The lowest BCUT2D eigenvalue weighted by Crippen LogP contribution is -2.36. The van der Waals surface area contributed by atoms with Crippen molar-refractivity contribution in [2.24, 2.45) is 0 Å². The van der Waals surface area contributed by atoms with Gasteiger partial charge in [0.05, 0.1) is 0 Å². The minimum Gasteiger partial charge on any atom is -0.325 e. The van der Waals surface area contributed by atoms with Crippen LogP contribution >= 0.6 is 0 Å². The number of amides is 2. The number of alkyl halides is 2. The van der Waals surface area contributed by atoms with Gasteiger partial charge in [-0.05, 0) is 26.0 Å². The quantitative estimate of drug-likeness (QED) is 0.879. The molecular weight excluding hydrogens is 238 g/mol. The zero-order valence-electron chi connectivity index (χ0n) is 11.0. The maximum atomic E-state index is 13.1. The Morgan fingerprint density at radius 2 is 2.00 bits per heavy atom. The van der Waals surface area contributed by atoms with Gasteiger partial charge in [0.1, 0.15) is 0 Å². The molecule has 0 heterocycles. The minimum atomic E-state index is -2.91. The molecular formula is C13H18F2N2O. The summed E-state index contributed by atoms with van der Waals surface area (Å²) in [5.74, 6) is -2.91. The third-order valence-electron chi connectivity index (χ3n) is 2.72. The Labute approximate surface area is 106 Å². The van der Waals surface area contributed by atoms with Gasteiger partial charge in [0.15, 0.2) is 0 Å². The molecule has 0 aliphatic carbocycles. The monoisotopic (exact) mass is 256 g/mol. The number of nitrogens with one attached hydrogen (secondary N) is 1. The Morgan fingerprint density at radius 3 is 2.50 bits per heavy atom. The van der Waals surface area contributed by atoms with Gasteiger partial charge < -0.3 is 10.2 Å². The predicted octanol–water partition coefficient (Wildman–Crippen LogP) is 3.67. The fourth-order valence-electron chi connectivity index (χ4n) is 1.32. The van der Waals surface area contributed by atoms with Gasteiger partial charge in [0, 0.05) is 31.3 Å². The topological polar surface area (TPSA) is 32.3 Å². The number of nitrogens with zero attached hydrogens (tertiary/aromatic N) is 1. The molecule has 0 saturated carbocycles. The number of urea groups is 1. The average molecular weight is 256 g/mol. The first-order valence-corrected chi connectivity index (χ1v) is 5.74. The zero-order chi connectivity index (χ0) is 13.9. The van der Waals surface area contributed by atoms with Crippen molar-refractivity contribution in [1.29, 1.82) is 0 Å². The molecule has 100 valence electrons. The first kappa shape index (κ1) is 14.4. The molecule has 3 nitrogen and oxygen atoms in total. The Morgan fingerprint density at radius 1 is 1.39 bits per heavy atom. The van der Waals surface area contributed by atoms with E-state index in [1.807, 2.05) is 13.8 Å². The molecule has 1 rings (SSSR count). The highest BCUT2D eigenvalue weighted by Gasteiger charge is 2.24. The number of rotatable bonds is 3. The van der Waals surface area contributed by atoms with Crippen LogP contribution in [-0.4, -0.2) is 24.0 Å². The summed E-state index contributed by atoms with van der Waals surface area (Å²) < 4.78 is 26.3. The molecule has 0 fully saturated rings. The van der Waals surface area contributed by atoms with Crippen LogP contribution in [0.5, 0.6) is 0 Å². The van der Waals surface area contributed by atoms with Crippen LogP contribution in [0.2, 0.25) is 0 Å². The van der Waals surface area contributed by atoms with Crippen molar-refractivity contribution >= 4 is 11.7 Å². The zero-order valence-corrected chi connectivity index (χ0v) is 11.0. The van der Waals surface area contributed by atoms with Crippen LogP contribution in [0.1, 0.15) is 26.3 Å². The second-order valence-corrected chi connectivity index (χ2v) is 4.60. The SMILES string of the molecule is CC(C)N(C)C(=O)Nc1cccc(C(C)(F)F)c1. The minimum absolute atomic E-state index is 0.0424. The van der Waals surface area contributed by atoms with Crippen LogP contribution < -0.4 is 5.32 Å². The number of benzene rings is 1. The normalized spacial score (nSPS) is 11.5. The van der Waals surface area contributed by atoms with Crippen molar-refractivity contribution in [3.05, 3.63) is 29.8 Å². The van der Waals surface area contributed by atoms with E-state index >= 15 is 0 Å². The van der Waals surface area contributed by atoms with Crippen molar-refractivity contribution < 1.29 is 13.6 Å². The third kappa shape index (κ3) is 3.68. The summed E-state index contributed by atoms with van der Waals surface area (Å²) in [5, 5.41) is 2.59. The second-order valence-electron chi connectivity index (χ2n) is 4.60. The Balaban J connectivity index is 2.83.